The van der Waals surface area contributed by atoms with Crippen molar-refractivity contribution in [2.45, 2.75) is 45.1 Å². The van der Waals surface area contributed by atoms with Crippen molar-refractivity contribution in [2.75, 3.05) is 14.2 Å². The fourth-order valence-electron chi connectivity index (χ4n) is 4.39. The molecule has 7 heteroatoms. The Morgan fingerprint density at radius 2 is 2.13 bits per heavy atom. The number of hydrogen-bond donors (Lipinski definition) is 0. The molecule has 164 valence electrons. The van der Waals surface area contributed by atoms with E-state index in [-0.39, 0.29) is 0 Å². The summed E-state index contributed by atoms with van der Waals surface area (Å²) in [6, 6.07) is 7.96. The number of aromatic nitrogens is 2. The SMILES string of the molecule is COc1cccc(CN(C)/N=C\c2c(C=O)n(C)c3nc(CC4CCCCC4)sc23)c1. The Bertz CT molecular complexity index is 1080. The lowest BCUT2D eigenvalue weighted by Crippen LogP contribution is -2.11. The minimum Gasteiger partial charge on any atom is -0.497 e. The fourth-order valence-corrected chi connectivity index (χ4v) is 5.62. The molecule has 0 amide bonds. The Labute approximate surface area is 187 Å². The van der Waals surface area contributed by atoms with Gasteiger partial charge in [-0.15, -0.1) is 11.3 Å². The molecule has 0 N–H and O–H groups in total. The van der Waals surface area contributed by atoms with Gasteiger partial charge in [-0.25, -0.2) is 4.98 Å². The van der Waals surface area contributed by atoms with Crippen LogP contribution < -0.4 is 4.74 Å². The van der Waals surface area contributed by atoms with E-state index in [9.17, 15) is 4.79 Å². The monoisotopic (exact) mass is 438 g/mol. The van der Waals surface area contributed by atoms with Gasteiger partial charge >= 0.3 is 0 Å². The van der Waals surface area contributed by atoms with Gasteiger partial charge in [0, 0.05) is 26.1 Å². The van der Waals surface area contributed by atoms with Crippen molar-refractivity contribution in [2.24, 2.45) is 18.1 Å². The van der Waals surface area contributed by atoms with Crippen LogP contribution in [0.4, 0.5) is 0 Å². The number of methoxy groups -OCH3 is 1. The second-order valence-corrected chi connectivity index (χ2v) is 9.44. The van der Waals surface area contributed by atoms with Crippen LogP contribution >= 0.6 is 11.3 Å². The molecule has 0 spiro atoms. The molecule has 1 aromatic carbocycles. The molecule has 6 nitrogen and oxygen atoms in total. The van der Waals surface area contributed by atoms with Crippen LogP contribution in [0.15, 0.2) is 29.4 Å². The zero-order valence-corrected chi connectivity index (χ0v) is 19.3. The summed E-state index contributed by atoms with van der Waals surface area (Å²) in [7, 11) is 5.51. The third-order valence-electron chi connectivity index (χ3n) is 6.08. The number of benzene rings is 1. The summed E-state index contributed by atoms with van der Waals surface area (Å²) in [5, 5.41) is 7.65. The van der Waals surface area contributed by atoms with Crippen LogP contribution in [-0.2, 0) is 20.0 Å². The van der Waals surface area contributed by atoms with Crippen LogP contribution in [0.5, 0.6) is 5.75 Å². The summed E-state index contributed by atoms with van der Waals surface area (Å²) in [4.78, 5) is 16.7. The molecule has 1 aliphatic carbocycles. The first kappa shape index (κ1) is 21.6. The van der Waals surface area contributed by atoms with Crippen molar-refractivity contribution >= 4 is 34.2 Å². The molecular weight excluding hydrogens is 408 g/mol. The Morgan fingerprint density at radius 3 is 2.87 bits per heavy atom. The number of thiazole rings is 1. The van der Waals surface area contributed by atoms with Gasteiger partial charge in [0.1, 0.15) is 5.75 Å². The van der Waals surface area contributed by atoms with Crippen molar-refractivity contribution < 1.29 is 9.53 Å². The van der Waals surface area contributed by atoms with Gasteiger partial charge < -0.3 is 9.30 Å². The molecule has 3 aromatic rings. The largest absolute Gasteiger partial charge is 0.497 e. The number of hydrazone groups is 1. The fraction of sp³-hybridized carbons (Fsp3) is 0.458. The summed E-state index contributed by atoms with van der Waals surface area (Å²) in [6.45, 7) is 0.649. The summed E-state index contributed by atoms with van der Waals surface area (Å²) in [6.07, 6.45) is 10.4. The van der Waals surface area contributed by atoms with E-state index in [0.717, 1.165) is 45.8 Å². The van der Waals surface area contributed by atoms with Gasteiger partial charge in [-0.2, -0.15) is 5.10 Å². The third kappa shape index (κ3) is 4.82. The van der Waals surface area contributed by atoms with Crippen LogP contribution in [-0.4, -0.2) is 41.2 Å². The number of rotatable bonds is 8. The van der Waals surface area contributed by atoms with E-state index in [1.165, 1.54) is 37.1 Å². The number of carbonyl (C=O) groups is 1. The Balaban J connectivity index is 1.55. The molecule has 4 rings (SSSR count). The van der Waals surface area contributed by atoms with E-state index in [1.807, 2.05) is 47.9 Å². The molecule has 0 radical (unpaired) electrons. The van der Waals surface area contributed by atoms with Gasteiger partial charge in [-0.05, 0) is 23.6 Å². The van der Waals surface area contributed by atoms with Gasteiger partial charge in [0.2, 0.25) is 0 Å². The minimum absolute atomic E-state index is 0.622. The van der Waals surface area contributed by atoms with Gasteiger partial charge in [0.05, 0.1) is 35.3 Å². The summed E-state index contributed by atoms with van der Waals surface area (Å²) in [5.74, 6) is 1.57. The molecule has 0 unspecified atom stereocenters. The van der Waals surface area contributed by atoms with Crippen LogP contribution in [0.25, 0.3) is 10.3 Å². The van der Waals surface area contributed by atoms with Crippen LogP contribution in [0, 0.1) is 5.92 Å². The van der Waals surface area contributed by atoms with E-state index < -0.39 is 0 Å². The quantitative estimate of drug-likeness (QED) is 0.281. The predicted molar refractivity (Wildman–Crippen MR) is 126 cm³/mol. The maximum absolute atomic E-state index is 11.8. The second-order valence-electron chi connectivity index (χ2n) is 8.36. The zero-order valence-electron chi connectivity index (χ0n) is 18.5. The average molecular weight is 439 g/mol. The maximum Gasteiger partial charge on any atom is 0.167 e. The first-order chi connectivity index (χ1) is 15.1. The molecular formula is C24H30N4O2S. The van der Waals surface area contributed by atoms with E-state index in [4.69, 9.17) is 9.72 Å². The molecule has 2 aromatic heterocycles. The van der Waals surface area contributed by atoms with Crippen molar-refractivity contribution in [1.82, 2.24) is 14.6 Å². The standard InChI is InChI=1S/C24H30N4O2S/c1-27(15-18-10-7-11-19(12-18)30-3)25-14-20-21(16-29)28(2)24-23(20)31-22(26-24)13-17-8-5-4-6-9-17/h7,10-12,14,16-17H,4-6,8-9,13,15H2,1-3H3/b25-14-. The lowest BCUT2D eigenvalue weighted by Gasteiger charge is -2.20. The predicted octanol–water partition coefficient (Wildman–Crippen LogP) is 5.04. The minimum atomic E-state index is 0.622. The van der Waals surface area contributed by atoms with Gasteiger partial charge in [-0.3, -0.25) is 9.80 Å². The number of hydrogen-bond acceptors (Lipinski definition) is 6. The van der Waals surface area contributed by atoms with Crippen LogP contribution in [0.3, 0.4) is 0 Å². The Kier molecular flexibility index (Phi) is 6.70. The average Bonchev–Trinajstić information content (AvgIpc) is 3.30. The number of carbonyl (C=O) groups excluding carboxylic acids is 1. The van der Waals surface area contributed by atoms with E-state index in [1.54, 1.807) is 24.7 Å². The van der Waals surface area contributed by atoms with E-state index in [0.29, 0.717) is 12.2 Å². The van der Waals surface area contributed by atoms with E-state index in [2.05, 4.69) is 5.10 Å². The number of aldehydes is 1. The van der Waals surface area contributed by atoms with Crippen LogP contribution in [0.1, 0.15) is 58.7 Å². The number of aryl methyl sites for hydroxylation is 1. The smallest absolute Gasteiger partial charge is 0.167 e. The normalized spacial score (nSPS) is 15.1. The summed E-state index contributed by atoms with van der Waals surface area (Å²) >= 11 is 1.71. The second kappa shape index (κ2) is 9.64. The van der Waals surface area contributed by atoms with Crippen molar-refractivity contribution in [3.63, 3.8) is 0 Å². The highest BCUT2D eigenvalue weighted by Crippen LogP contribution is 2.33. The maximum atomic E-state index is 11.8. The molecule has 1 aliphatic rings. The molecule has 0 atom stereocenters. The van der Waals surface area contributed by atoms with Crippen molar-refractivity contribution in [3.05, 3.63) is 46.1 Å². The van der Waals surface area contributed by atoms with Crippen LogP contribution in [0.2, 0.25) is 0 Å². The zero-order chi connectivity index (χ0) is 21.8. The molecule has 1 saturated carbocycles. The van der Waals surface area contributed by atoms with Gasteiger partial charge in [-0.1, -0.05) is 44.2 Å². The molecule has 1 fully saturated rings. The first-order valence-corrected chi connectivity index (χ1v) is 11.7. The Morgan fingerprint density at radius 1 is 1.32 bits per heavy atom. The van der Waals surface area contributed by atoms with Gasteiger partial charge in [0.25, 0.3) is 0 Å². The number of ether oxygens (including phenoxy) is 1. The number of nitrogens with zero attached hydrogens (tertiary/aromatic N) is 4. The van der Waals surface area contributed by atoms with Crippen molar-refractivity contribution in [1.29, 1.82) is 0 Å². The molecule has 0 bridgehead atoms. The Hall–Kier alpha value is -2.67. The molecule has 0 aliphatic heterocycles. The molecule has 2 heterocycles. The summed E-state index contributed by atoms with van der Waals surface area (Å²) < 4.78 is 8.24. The summed E-state index contributed by atoms with van der Waals surface area (Å²) in [5.41, 5.74) is 3.48. The lowest BCUT2D eigenvalue weighted by molar-refractivity contribution is 0.111. The van der Waals surface area contributed by atoms with E-state index >= 15 is 0 Å². The topological polar surface area (TPSA) is 59.7 Å². The number of fused-ring (bicyclic) bond motifs is 1. The first-order valence-electron chi connectivity index (χ1n) is 10.9. The molecule has 0 saturated heterocycles. The highest BCUT2D eigenvalue weighted by atomic mass is 32.1. The van der Waals surface area contributed by atoms with Crippen molar-refractivity contribution in [3.8, 4) is 5.75 Å². The lowest BCUT2D eigenvalue weighted by atomic mass is 9.87. The highest BCUT2D eigenvalue weighted by Gasteiger charge is 2.21. The highest BCUT2D eigenvalue weighted by molar-refractivity contribution is 7.19. The van der Waals surface area contributed by atoms with Gasteiger partial charge in [0.15, 0.2) is 11.9 Å². The third-order valence-corrected chi connectivity index (χ3v) is 7.18. The molecule has 31 heavy (non-hydrogen) atoms.